The molecule has 0 saturated heterocycles. The third kappa shape index (κ3) is 14.9. The largest absolute Gasteiger partial charge is 0.444 e. The molecule has 0 heterocycles. The maximum Gasteiger partial charge on any atom is 0.408 e. The monoisotopic (exact) mass is 464 g/mol. The average molecular weight is 465 g/mol. The lowest BCUT2D eigenvalue weighted by atomic mass is 10.1. The van der Waals surface area contributed by atoms with E-state index in [0.29, 0.717) is 58.4 Å². The van der Waals surface area contributed by atoms with Crippen LogP contribution in [0, 0.1) is 12.3 Å². The van der Waals surface area contributed by atoms with E-state index in [-0.39, 0.29) is 12.5 Å². The van der Waals surface area contributed by atoms with Gasteiger partial charge in [-0.25, -0.2) is 4.79 Å². The molecule has 0 fully saturated rings. The van der Waals surface area contributed by atoms with Crippen molar-refractivity contribution in [2.24, 2.45) is 0 Å². The first kappa shape index (κ1) is 28.4. The second kappa shape index (κ2) is 16.9. The number of rotatable bonds is 16. The summed E-state index contributed by atoms with van der Waals surface area (Å²) in [4.78, 5) is 24.8. The van der Waals surface area contributed by atoms with Crippen LogP contribution in [0.4, 0.5) is 4.79 Å². The van der Waals surface area contributed by atoms with Crippen LogP contribution in [-0.4, -0.2) is 77.0 Å². The average Bonchev–Trinajstić information content (AvgIpc) is 2.77. The Balaban J connectivity index is 2.22. The van der Waals surface area contributed by atoms with Crippen LogP contribution < -0.4 is 10.6 Å². The summed E-state index contributed by atoms with van der Waals surface area (Å²) in [7, 11) is 0. The quantitative estimate of drug-likeness (QED) is 0.285. The van der Waals surface area contributed by atoms with Crippen LogP contribution in [0.3, 0.4) is 0 Å². The van der Waals surface area contributed by atoms with Gasteiger partial charge < -0.3 is 34.3 Å². The molecule has 2 N–H and O–H groups in total. The van der Waals surface area contributed by atoms with Crippen molar-refractivity contribution in [3.63, 3.8) is 0 Å². The first-order valence-corrected chi connectivity index (χ1v) is 10.9. The summed E-state index contributed by atoms with van der Waals surface area (Å²) < 4.78 is 26.5. The van der Waals surface area contributed by atoms with E-state index < -0.39 is 17.7 Å². The zero-order valence-corrected chi connectivity index (χ0v) is 19.8. The van der Waals surface area contributed by atoms with Crippen molar-refractivity contribution < 1.29 is 33.3 Å². The summed E-state index contributed by atoms with van der Waals surface area (Å²) in [5.74, 6) is 2.03. The molecule has 2 amide bonds. The molecule has 0 saturated carbocycles. The normalized spacial score (nSPS) is 11.9. The Morgan fingerprint density at radius 2 is 1.45 bits per heavy atom. The predicted molar refractivity (Wildman–Crippen MR) is 124 cm³/mol. The molecule has 184 valence electrons. The third-order valence-corrected chi connectivity index (χ3v) is 3.90. The van der Waals surface area contributed by atoms with E-state index in [1.54, 1.807) is 45.0 Å². The predicted octanol–water partition coefficient (Wildman–Crippen LogP) is 2.07. The highest BCUT2D eigenvalue weighted by Gasteiger charge is 2.25. The van der Waals surface area contributed by atoms with Crippen molar-refractivity contribution in [1.82, 2.24) is 10.6 Å². The smallest absolute Gasteiger partial charge is 0.408 e. The number of nitrogens with one attached hydrogen (secondary N) is 2. The van der Waals surface area contributed by atoms with Crippen LogP contribution in [0.15, 0.2) is 30.3 Å². The fourth-order valence-corrected chi connectivity index (χ4v) is 2.51. The summed E-state index contributed by atoms with van der Waals surface area (Å²) >= 11 is 0. The van der Waals surface area contributed by atoms with Crippen molar-refractivity contribution in [1.29, 1.82) is 0 Å². The summed E-state index contributed by atoms with van der Waals surface area (Å²) in [6, 6.07) is 8.10. The van der Waals surface area contributed by atoms with Gasteiger partial charge in [-0.1, -0.05) is 36.3 Å². The van der Waals surface area contributed by atoms with Gasteiger partial charge in [0.15, 0.2) is 0 Å². The zero-order valence-electron chi connectivity index (χ0n) is 19.8. The molecule has 0 bridgehead atoms. The van der Waals surface area contributed by atoms with Gasteiger partial charge in [-0.05, 0) is 26.3 Å². The molecule has 9 heteroatoms. The van der Waals surface area contributed by atoms with Crippen molar-refractivity contribution >= 4 is 12.0 Å². The molecule has 33 heavy (non-hydrogen) atoms. The van der Waals surface area contributed by atoms with Crippen molar-refractivity contribution in [2.45, 2.75) is 32.4 Å². The van der Waals surface area contributed by atoms with Gasteiger partial charge in [0.2, 0.25) is 5.91 Å². The Bertz CT molecular complexity index is 714. The van der Waals surface area contributed by atoms with E-state index in [9.17, 15) is 9.59 Å². The number of benzene rings is 1. The lowest BCUT2D eigenvalue weighted by Crippen LogP contribution is -2.43. The lowest BCUT2D eigenvalue weighted by Gasteiger charge is -2.23. The number of hydrogen-bond acceptors (Lipinski definition) is 7. The van der Waals surface area contributed by atoms with Gasteiger partial charge >= 0.3 is 6.09 Å². The Morgan fingerprint density at radius 3 is 2.00 bits per heavy atom. The van der Waals surface area contributed by atoms with Crippen LogP contribution in [-0.2, 0) is 28.5 Å². The summed E-state index contributed by atoms with van der Waals surface area (Å²) in [6.07, 6.45) is 4.40. The van der Waals surface area contributed by atoms with Crippen LogP contribution in [0.1, 0.15) is 32.4 Å². The van der Waals surface area contributed by atoms with Gasteiger partial charge in [-0.15, -0.1) is 6.42 Å². The zero-order chi connectivity index (χ0) is 24.4. The molecule has 0 aromatic heterocycles. The second-order valence-corrected chi connectivity index (χ2v) is 7.87. The van der Waals surface area contributed by atoms with Crippen LogP contribution in [0.2, 0.25) is 0 Å². The Kier molecular flexibility index (Phi) is 14.6. The lowest BCUT2D eigenvalue weighted by molar-refractivity contribution is -0.123. The molecule has 0 aliphatic heterocycles. The third-order valence-electron chi connectivity index (χ3n) is 3.90. The molecule has 1 rings (SSSR count). The van der Waals surface area contributed by atoms with Crippen molar-refractivity contribution in [3.05, 3.63) is 35.9 Å². The number of carbonyl (C=O) groups is 2. The van der Waals surface area contributed by atoms with Gasteiger partial charge in [-0.2, -0.15) is 0 Å². The molecule has 1 aromatic carbocycles. The van der Waals surface area contributed by atoms with E-state index in [2.05, 4.69) is 16.6 Å². The number of amides is 2. The number of carbonyl (C=O) groups excluding carboxylic acids is 2. The van der Waals surface area contributed by atoms with E-state index >= 15 is 0 Å². The van der Waals surface area contributed by atoms with Gasteiger partial charge in [0.05, 0.1) is 46.2 Å². The van der Waals surface area contributed by atoms with Gasteiger partial charge in [0.1, 0.15) is 18.2 Å². The van der Waals surface area contributed by atoms with Crippen LogP contribution in [0.25, 0.3) is 0 Å². The number of terminal acetylenes is 1. The summed E-state index contributed by atoms with van der Waals surface area (Å²) in [5, 5.41) is 5.40. The number of alkyl carbamates (subject to hydrolysis) is 1. The van der Waals surface area contributed by atoms with E-state index in [4.69, 9.17) is 30.1 Å². The Labute approximate surface area is 196 Å². The van der Waals surface area contributed by atoms with E-state index in [1.807, 2.05) is 6.07 Å². The Hall–Kier alpha value is -2.64. The molecular formula is C24H36N2O7. The van der Waals surface area contributed by atoms with Gasteiger partial charge in [0, 0.05) is 6.54 Å². The Morgan fingerprint density at radius 1 is 0.909 bits per heavy atom. The fourth-order valence-electron chi connectivity index (χ4n) is 2.51. The molecule has 1 atom stereocenters. The molecular weight excluding hydrogens is 428 g/mol. The number of hydrogen-bond donors (Lipinski definition) is 2. The molecule has 9 nitrogen and oxygen atoms in total. The van der Waals surface area contributed by atoms with Crippen LogP contribution in [0.5, 0.6) is 0 Å². The minimum atomic E-state index is -0.874. The highest BCUT2D eigenvalue weighted by molar-refractivity contribution is 5.86. The molecule has 1 aromatic rings. The second-order valence-electron chi connectivity index (χ2n) is 7.87. The standard InChI is InChI=1S/C24H36N2O7/c1-5-12-29-14-16-31-18-19-32-17-15-30-13-11-25-22(27)21(20-9-7-6-8-10-20)26-23(28)33-24(2,3)4/h1,6-10,21H,11-19H2,2-4H3,(H,25,27)(H,26,28)/t21-/m1/s1. The van der Waals surface area contributed by atoms with Gasteiger partial charge in [-0.3, -0.25) is 4.79 Å². The first-order valence-electron chi connectivity index (χ1n) is 10.9. The topological polar surface area (TPSA) is 104 Å². The van der Waals surface area contributed by atoms with Crippen molar-refractivity contribution in [2.75, 3.05) is 59.4 Å². The van der Waals surface area contributed by atoms with E-state index in [1.165, 1.54) is 0 Å². The summed E-state index contributed by atoms with van der Waals surface area (Å²) in [6.45, 7) is 8.80. The highest BCUT2D eigenvalue weighted by atomic mass is 16.6. The fraction of sp³-hybridized carbons (Fsp3) is 0.583. The molecule has 0 spiro atoms. The summed E-state index contributed by atoms with van der Waals surface area (Å²) in [5.41, 5.74) is -0.0135. The van der Waals surface area contributed by atoms with Crippen LogP contribution >= 0.6 is 0 Å². The maximum absolute atomic E-state index is 12.7. The molecule has 0 aliphatic carbocycles. The minimum Gasteiger partial charge on any atom is -0.444 e. The minimum absolute atomic E-state index is 0.283. The maximum atomic E-state index is 12.7. The van der Waals surface area contributed by atoms with E-state index in [0.717, 1.165) is 0 Å². The molecule has 0 aliphatic rings. The number of ether oxygens (including phenoxy) is 5. The highest BCUT2D eigenvalue weighted by Crippen LogP contribution is 2.14. The first-order chi connectivity index (χ1) is 15.8. The van der Waals surface area contributed by atoms with Gasteiger partial charge in [0.25, 0.3) is 0 Å². The van der Waals surface area contributed by atoms with Crippen molar-refractivity contribution in [3.8, 4) is 12.3 Å². The molecule has 0 unspecified atom stereocenters. The molecule has 0 radical (unpaired) electrons. The SMILES string of the molecule is C#CCOCCOCCOCCOCCNC(=O)[C@H](NC(=O)OC(C)(C)C)c1ccccc1.